The molecule has 1 fully saturated rings. The molecule has 1 unspecified atom stereocenters. The predicted octanol–water partition coefficient (Wildman–Crippen LogP) is 0.742. The second-order valence-electron chi connectivity index (χ2n) is 4.88. The van der Waals surface area contributed by atoms with Crippen LogP contribution in [-0.4, -0.2) is 38.9 Å². The van der Waals surface area contributed by atoms with Crippen molar-refractivity contribution in [1.29, 1.82) is 0 Å². The fourth-order valence-electron chi connectivity index (χ4n) is 1.89. The maximum atomic E-state index is 12.1. The van der Waals surface area contributed by atoms with E-state index in [0.29, 0.717) is 25.6 Å². The normalized spacial score (nSPS) is 18.3. The molecule has 1 aromatic rings. The first kappa shape index (κ1) is 13.0. The van der Waals surface area contributed by atoms with E-state index >= 15 is 0 Å². The van der Waals surface area contributed by atoms with Crippen molar-refractivity contribution < 1.29 is 9.53 Å². The molecule has 0 aromatic carbocycles. The third-order valence-corrected chi connectivity index (χ3v) is 3.13. The predicted molar refractivity (Wildman–Crippen MR) is 65.8 cm³/mol. The molecule has 1 heterocycles. The van der Waals surface area contributed by atoms with Crippen LogP contribution in [0.15, 0.2) is 12.7 Å². The van der Waals surface area contributed by atoms with Crippen LogP contribution in [0.3, 0.4) is 0 Å². The Bertz CT molecular complexity index is 389. The molecule has 1 saturated carbocycles. The molecule has 0 saturated heterocycles. The van der Waals surface area contributed by atoms with Crippen LogP contribution in [0.25, 0.3) is 0 Å². The van der Waals surface area contributed by atoms with Crippen LogP contribution in [0.1, 0.15) is 33.1 Å². The molecular formula is C12H20N4O2. The Morgan fingerprint density at radius 3 is 2.94 bits per heavy atom. The van der Waals surface area contributed by atoms with Gasteiger partial charge in [0, 0.05) is 12.6 Å². The number of rotatable bonds is 7. The number of aryl methyl sites for hydroxylation is 1. The SMILES string of the molecule is CCOC(=O)C(C)(CCn1cncn1)NC1CC1. The average Bonchev–Trinajstić information content (AvgIpc) is 2.99. The highest BCUT2D eigenvalue weighted by atomic mass is 16.5. The van der Waals surface area contributed by atoms with Crippen molar-refractivity contribution in [1.82, 2.24) is 20.1 Å². The van der Waals surface area contributed by atoms with E-state index in [9.17, 15) is 4.79 Å². The first-order valence-corrected chi connectivity index (χ1v) is 6.41. The molecule has 6 heteroatoms. The van der Waals surface area contributed by atoms with Crippen LogP contribution in [0.4, 0.5) is 0 Å². The number of hydrogen-bond acceptors (Lipinski definition) is 5. The number of carbonyl (C=O) groups is 1. The summed E-state index contributed by atoms with van der Waals surface area (Å²) in [6.45, 7) is 4.78. The van der Waals surface area contributed by atoms with Crippen LogP contribution < -0.4 is 5.32 Å². The summed E-state index contributed by atoms with van der Waals surface area (Å²) in [4.78, 5) is 16.0. The lowest BCUT2D eigenvalue weighted by Crippen LogP contribution is -2.52. The second kappa shape index (κ2) is 5.48. The number of ether oxygens (including phenoxy) is 1. The van der Waals surface area contributed by atoms with E-state index in [1.54, 1.807) is 11.0 Å². The monoisotopic (exact) mass is 252 g/mol. The maximum Gasteiger partial charge on any atom is 0.326 e. The van der Waals surface area contributed by atoms with Gasteiger partial charge in [0.15, 0.2) is 0 Å². The Morgan fingerprint density at radius 1 is 1.61 bits per heavy atom. The molecule has 1 N–H and O–H groups in total. The summed E-state index contributed by atoms with van der Waals surface area (Å²) in [6, 6.07) is 0.454. The van der Waals surface area contributed by atoms with Gasteiger partial charge >= 0.3 is 5.97 Å². The van der Waals surface area contributed by atoms with Crippen molar-refractivity contribution in [2.75, 3.05) is 6.61 Å². The maximum absolute atomic E-state index is 12.1. The van der Waals surface area contributed by atoms with Gasteiger partial charge in [0.25, 0.3) is 0 Å². The van der Waals surface area contributed by atoms with E-state index < -0.39 is 5.54 Å². The molecule has 0 radical (unpaired) electrons. The first-order valence-electron chi connectivity index (χ1n) is 6.41. The van der Waals surface area contributed by atoms with Crippen LogP contribution >= 0.6 is 0 Å². The molecular weight excluding hydrogens is 232 g/mol. The summed E-state index contributed by atoms with van der Waals surface area (Å²) in [6.07, 6.45) is 6.07. The summed E-state index contributed by atoms with van der Waals surface area (Å²) < 4.78 is 6.89. The van der Waals surface area contributed by atoms with Gasteiger partial charge in [0.05, 0.1) is 6.61 Å². The topological polar surface area (TPSA) is 69.0 Å². The Balaban J connectivity index is 1.96. The zero-order valence-electron chi connectivity index (χ0n) is 10.9. The highest BCUT2D eigenvalue weighted by Gasteiger charge is 2.39. The lowest BCUT2D eigenvalue weighted by atomic mass is 9.97. The Morgan fingerprint density at radius 2 is 2.39 bits per heavy atom. The van der Waals surface area contributed by atoms with Crippen LogP contribution in [0.2, 0.25) is 0 Å². The molecule has 0 aliphatic heterocycles. The summed E-state index contributed by atoms with van der Waals surface area (Å²) in [5.74, 6) is -0.183. The molecule has 0 spiro atoms. The third kappa shape index (κ3) is 3.29. The van der Waals surface area contributed by atoms with Crippen LogP contribution in [0, 0.1) is 0 Å². The average molecular weight is 252 g/mol. The lowest BCUT2D eigenvalue weighted by Gasteiger charge is -2.28. The smallest absolute Gasteiger partial charge is 0.326 e. The van der Waals surface area contributed by atoms with Crippen molar-refractivity contribution in [3.8, 4) is 0 Å². The van der Waals surface area contributed by atoms with E-state index in [1.165, 1.54) is 6.33 Å². The van der Waals surface area contributed by atoms with Gasteiger partial charge in [-0.05, 0) is 33.1 Å². The van der Waals surface area contributed by atoms with E-state index in [1.807, 2.05) is 13.8 Å². The van der Waals surface area contributed by atoms with E-state index in [0.717, 1.165) is 12.8 Å². The Kier molecular flexibility index (Phi) is 3.96. The molecule has 1 atom stereocenters. The molecule has 2 rings (SSSR count). The van der Waals surface area contributed by atoms with Crippen molar-refractivity contribution in [3.05, 3.63) is 12.7 Å². The Hall–Kier alpha value is -1.43. The zero-order valence-corrected chi connectivity index (χ0v) is 10.9. The van der Waals surface area contributed by atoms with Gasteiger partial charge in [-0.2, -0.15) is 5.10 Å². The summed E-state index contributed by atoms with van der Waals surface area (Å²) in [5.41, 5.74) is -0.636. The number of esters is 1. The number of aromatic nitrogens is 3. The molecule has 1 aromatic heterocycles. The van der Waals surface area contributed by atoms with E-state index in [-0.39, 0.29) is 5.97 Å². The van der Waals surface area contributed by atoms with Gasteiger partial charge in [-0.3, -0.25) is 14.8 Å². The van der Waals surface area contributed by atoms with Crippen molar-refractivity contribution in [2.24, 2.45) is 0 Å². The minimum absolute atomic E-state index is 0.183. The van der Waals surface area contributed by atoms with Crippen LogP contribution in [-0.2, 0) is 16.1 Å². The van der Waals surface area contributed by atoms with E-state index in [2.05, 4.69) is 15.4 Å². The summed E-state index contributed by atoms with van der Waals surface area (Å²) in [5, 5.41) is 7.42. The molecule has 0 bridgehead atoms. The summed E-state index contributed by atoms with van der Waals surface area (Å²) >= 11 is 0. The second-order valence-corrected chi connectivity index (χ2v) is 4.88. The fraction of sp³-hybridized carbons (Fsp3) is 0.750. The fourth-order valence-corrected chi connectivity index (χ4v) is 1.89. The van der Waals surface area contributed by atoms with Crippen LogP contribution in [0.5, 0.6) is 0 Å². The molecule has 0 amide bonds. The van der Waals surface area contributed by atoms with Gasteiger partial charge < -0.3 is 4.74 Å². The minimum Gasteiger partial charge on any atom is -0.465 e. The van der Waals surface area contributed by atoms with Gasteiger partial charge in [0.1, 0.15) is 18.2 Å². The number of nitrogens with zero attached hydrogens (tertiary/aromatic N) is 3. The van der Waals surface area contributed by atoms with Crippen molar-refractivity contribution in [3.63, 3.8) is 0 Å². The first-order chi connectivity index (χ1) is 8.64. The van der Waals surface area contributed by atoms with Gasteiger partial charge in [-0.15, -0.1) is 0 Å². The number of nitrogens with one attached hydrogen (secondary N) is 1. The number of hydrogen-bond donors (Lipinski definition) is 1. The quantitative estimate of drug-likeness (QED) is 0.725. The van der Waals surface area contributed by atoms with Crippen molar-refractivity contribution in [2.45, 2.75) is 51.2 Å². The molecule has 1 aliphatic carbocycles. The highest BCUT2D eigenvalue weighted by molar-refractivity contribution is 5.80. The Labute approximate surface area is 107 Å². The lowest BCUT2D eigenvalue weighted by molar-refractivity contribution is -0.151. The standard InChI is InChI=1S/C12H20N4O2/c1-3-18-11(17)12(2,15-10-4-5-10)6-7-16-9-13-8-14-16/h8-10,15H,3-7H2,1-2H3. The van der Waals surface area contributed by atoms with Gasteiger partial charge in [-0.1, -0.05) is 0 Å². The minimum atomic E-state index is -0.636. The van der Waals surface area contributed by atoms with Gasteiger partial charge in [-0.25, -0.2) is 4.98 Å². The highest BCUT2D eigenvalue weighted by Crippen LogP contribution is 2.25. The molecule has 100 valence electrons. The molecule has 18 heavy (non-hydrogen) atoms. The van der Waals surface area contributed by atoms with Gasteiger partial charge in [0.2, 0.25) is 0 Å². The van der Waals surface area contributed by atoms with E-state index in [4.69, 9.17) is 4.74 Å². The van der Waals surface area contributed by atoms with Crippen molar-refractivity contribution >= 4 is 5.97 Å². The molecule has 1 aliphatic rings. The number of carbonyl (C=O) groups excluding carboxylic acids is 1. The largest absolute Gasteiger partial charge is 0.465 e. The zero-order chi connectivity index (χ0) is 13.0. The summed E-state index contributed by atoms with van der Waals surface area (Å²) in [7, 11) is 0. The molecule has 6 nitrogen and oxygen atoms in total. The third-order valence-electron chi connectivity index (χ3n) is 3.13.